The Hall–Kier alpha value is -1.24. The summed E-state index contributed by atoms with van der Waals surface area (Å²) in [5, 5.41) is 0. The van der Waals surface area contributed by atoms with Gasteiger partial charge in [0.2, 0.25) is 5.95 Å². The minimum atomic E-state index is 0.223. The first-order valence-electron chi connectivity index (χ1n) is 9.23. The third kappa shape index (κ3) is 3.71. The summed E-state index contributed by atoms with van der Waals surface area (Å²) in [7, 11) is 0. The van der Waals surface area contributed by atoms with Crippen molar-refractivity contribution in [3.8, 4) is 0 Å². The number of nitrogens with zero attached hydrogens (tertiary/aromatic N) is 4. The van der Waals surface area contributed by atoms with E-state index in [1.165, 1.54) is 19.4 Å². The van der Waals surface area contributed by atoms with Gasteiger partial charge in [0.15, 0.2) is 0 Å². The van der Waals surface area contributed by atoms with E-state index in [0.717, 1.165) is 70.9 Å². The maximum atomic E-state index is 6.00. The molecule has 0 aliphatic carbocycles. The molecule has 24 heavy (non-hydrogen) atoms. The zero-order valence-electron chi connectivity index (χ0n) is 14.4. The van der Waals surface area contributed by atoms with E-state index in [1.54, 1.807) is 0 Å². The maximum Gasteiger partial charge on any atom is 0.225 e. The van der Waals surface area contributed by atoms with E-state index >= 15 is 0 Å². The van der Waals surface area contributed by atoms with Crippen LogP contribution >= 0.6 is 0 Å². The molecule has 132 valence electrons. The third-order valence-corrected chi connectivity index (χ3v) is 5.65. The van der Waals surface area contributed by atoms with Crippen LogP contribution in [0.25, 0.3) is 0 Å². The molecule has 1 aromatic heterocycles. The van der Waals surface area contributed by atoms with E-state index in [2.05, 4.69) is 19.8 Å². The maximum absolute atomic E-state index is 6.00. The van der Waals surface area contributed by atoms with Crippen LogP contribution in [0.2, 0.25) is 0 Å². The van der Waals surface area contributed by atoms with Crippen molar-refractivity contribution in [3.05, 3.63) is 18.5 Å². The Balaban J connectivity index is 1.40. The fraction of sp³-hybridized carbons (Fsp3) is 0.778. The lowest BCUT2D eigenvalue weighted by Crippen LogP contribution is -2.43. The van der Waals surface area contributed by atoms with Gasteiger partial charge in [-0.3, -0.25) is 0 Å². The van der Waals surface area contributed by atoms with Crippen molar-refractivity contribution in [3.63, 3.8) is 0 Å². The molecule has 0 radical (unpaired) electrons. The molecule has 0 saturated carbocycles. The summed E-state index contributed by atoms with van der Waals surface area (Å²) in [4.78, 5) is 13.8. The van der Waals surface area contributed by atoms with Crippen LogP contribution < -0.4 is 4.90 Å². The molecule has 1 atom stereocenters. The molecule has 0 bridgehead atoms. The topological polar surface area (TPSA) is 50.7 Å². The molecule has 3 fully saturated rings. The largest absolute Gasteiger partial charge is 0.381 e. The molecule has 0 aromatic carbocycles. The average molecular weight is 332 g/mol. The normalized spacial score (nSPS) is 29.9. The highest BCUT2D eigenvalue weighted by Gasteiger charge is 2.42. The van der Waals surface area contributed by atoms with Crippen LogP contribution in [0.3, 0.4) is 0 Å². The molecular weight excluding hydrogens is 304 g/mol. The average Bonchev–Trinajstić information content (AvgIpc) is 2.94. The second kappa shape index (κ2) is 7.33. The Morgan fingerprint density at radius 2 is 1.88 bits per heavy atom. The van der Waals surface area contributed by atoms with Crippen molar-refractivity contribution in [1.82, 2.24) is 14.9 Å². The van der Waals surface area contributed by atoms with Crippen LogP contribution in [0.4, 0.5) is 5.95 Å². The lowest BCUT2D eigenvalue weighted by Gasteiger charge is -2.34. The molecule has 0 unspecified atom stereocenters. The van der Waals surface area contributed by atoms with Crippen LogP contribution in [-0.4, -0.2) is 74.0 Å². The number of anilines is 1. The Kier molecular flexibility index (Phi) is 4.96. The molecule has 0 amide bonds. The van der Waals surface area contributed by atoms with Crippen LogP contribution in [0.5, 0.6) is 0 Å². The number of ether oxygens (including phenoxy) is 2. The smallest absolute Gasteiger partial charge is 0.225 e. The molecule has 4 rings (SSSR count). The molecule has 1 aromatic rings. The SMILES string of the molecule is c1cnc(N2CC[C@]3(COCCN(CC4CCOCC4)C3)C2)nc1. The molecule has 0 N–H and O–H groups in total. The van der Waals surface area contributed by atoms with Gasteiger partial charge in [-0.05, 0) is 31.2 Å². The van der Waals surface area contributed by atoms with Gasteiger partial charge in [-0.15, -0.1) is 0 Å². The van der Waals surface area contributed by atoms with Gasteiger partial charge in [-0.25, -0.2) is 9.97 Å². The summed E-state index contributed by atoms with van der Waals surface area (Å²) in [6.45, 7) is 8.98. The molecule has 1 spiro atoms. The zero-order chi connectivity index (χ0) is 16.2. The Labute approximate surface area is 144 Å². The lowest BCUT2D eigenvalue weighted by molar-refractivity contribution is 0.0483. The highest BCUT2D eigenvalue weighted by Crippen LogP contribution is 2.35. The Morgan fingerprint density at radius 1 is 1.04 bits per heavy atom. The van der Waals surface area contributed by atoms with Crippen molar-refractivity contribution in [2.24, 2.45) is 11.3 Å². The Bertz CT molecular complexity index is 523. The molecular formula is C18H28N4O2. The summed E-state index contributed by atoms with van der Waals surface area (Å²) in [6, 6.07) is 1.87. The highest BCUT2D eigenvalue weighted by atomic mass is 16.5. The standard InChI is InChI=1S/C18H28N4O2/c1-5-19-17(20-6-1)22-7-4-18(14-22)13-21(8-11-24-15-18)12-16-2-9-23-10-3-16/h1,5-6,16H,2-4,7-15H2/t18-/m1/s1. The van der Waals surface area contributed by atoms with Crippen LogP contribution in [0.1, 0.15) is 19.3 Å². The monoisotopic (exact) mass is 332 g/mol. The fourth-order valence-electron chi connectivity index (χ4n) is 4.34. The minimum Gasteiger partial charge on any atom is -0.381 e. The van der Waals surface area contributed by atoms with E-state index in [1.807, 2.05) is 18.5 Å². The number of rotatable bonds is 3. The van der Waals surface area contributed by atoms with Gasteiger partial charge < -0.3 is 19.3 Å². The summed E-state index contributed by atoms with van der Waals surface area (Å²) in [5.41, 5.74) is 0.223. The minimum absolute atomic E-state index is 0.223. The summed E-state index contributed by atoms with van der Waals surface area (Å²) in [5.74, 6) is 1.64. The number of aromatic nitrogens is 2. The first kappa shape index (κ1) is 16.2. The summed E-state index contributed by atoms with van der Waals surface area (Å²) < 4.78 is 11.5. The quantitative estimate of drug-likeness (QED) is 0.835. The zero-order valence-corrected chi connectivity index (χ0v) is 14.4. The molecule has 3 aliphatic heterocycles. The van der Waals surface area contributed by atoms with E-state index < -0.39 is 0 Å². The Morgan fingerprint density at radius 3 is 2.71 bits per heavy atom. The third-order valence-electron chi connectivity index (χ3n) is 5.65. The predicted molar refractivity (Wildman–Crippen MR) is 92.1 cm³/mol. The molecule has 4 heterocycles. The van der Waals surface area contributed by atoms with Gasteiger partial charge in [-0.2, -0.15) is 0 Å². The molecule has 3 saturated heterocycles. The lowest BCUT2D eigenvalue weighted by atomic mass is 9.87. The van der Waals surface area contributed by atoms with Gasteiger partial charge in [0.25, 0.3) is 0 Å². The van der Waals surface area contributed by atoms with Crippen molar-refractivity contribution >= 4 is 5.95 Å². The van der Waals surface area contributed by atoms with Crippen molar-refractivity contribution in [2.75, 3.05) is 64.1 Å². The van der Waals surface area contributed by atoms with E-state index in [9.17, 15) is 0 Å². The van der Waals surface area contributed by atoms with Crippen molar-refractivity contribution in [2.45, 2.75) is 19.3 Å². The van der Waals surface area contributed by atoms with Gasteiger partial charge in [0.05, 0.1) is 13.2 Å². The molecule has 6 heteroatoms. The first-order chi connectivity index (χ1) is 11.8. The molecule has 6 nitrogen and oxygen atoms in total. The van der Waals surface area contributed by atoms with Gasteiger partial charge in [0.1, 0.15) is 0 Å². The van der Waals surface area contributed by atoms with Crippen molar-refractivity contribution < 1.29 is 9.47 Å². The van der Waals surface area contributed by atoms with Crippen LogP contribution in [0, 0.1) is 11.3 Å². The van der Waals surface area contributed by atoms with Crippen LogP contribution in [-0.2, 0) is 9.47 Å². The second-order valence-electron chi connectivity index (χ2n) is 7.56. The van der Waals surface area contributed by atoms with Gasteiger partial charge >= 0.3 is 0 Å². The summed E-state index contributed by atoms with van der Waals surface area (Å²) >= 11 is 0. The van der Waals surface area contributed by atoms with Gasteiger partial charge in [-0.1, -0.05) is 0 Å². The molecule has 3 aliphatic rings. The predicted octanol–water partition coefficient (Wildman–Crippen LogP) is 1.43. The van der Waals surface area contributed by atoms with Crippen molar-refractivity contribution in [1.29, 1.82) is 0 Å². The number of hydrogen-bond acceptors (Lipinski definition) is 6. The van der Waals surface area contributed by atoms with E-state index in [4.69, 9.17) is 9.47 Å². The highest BCUT2D eigenvalue weighted by molar-refractivity contribution is 5.32. The van der Waals surface area contributed by atoms with Gasteiger partial charge in [0, 0.05) is 63.7 Å². The number of hydrogen-bond donors (Lipinski definition) is 0. The fourth-order valence-corrected chi connectivity index (χ4v) is 4.34. The summed E-state index contributed by atoms with van der Waals surface area (Å²) in [6.07, 6.45) is 7.22. The van der Waals surface area contributed by atoms with Crippen LogP contribution in [0.15, 0.2) is 18.5 Å². The van der Waals surface area contributed by atoms with E-state index in [-0.39, 0.29) is 5.41 Å². The second-order valence-corrected chi connectivity index (χ2v) is 7.56. The van der Waals surface area contributed by atoms with E-state index in [0.29, 0.717) is 0 Å². The first-order valence-corrected chi connectivity index (χ1v) is 9.23.